The van der Waals surface area contributed by atoms with Crippen molar-refractivity contribution < 1.29 is 22.4 Å². The maximum atomic E-state index is 14.5. The van der Waals surface area contributed by atoms with Gasteiger partial charge in [-0.05, 0) is 36.6 Å². The fourth-order valence-corrected chi connectivity index (χ4v) is 4.48. The van der Waals surface area contributed by atoms with Crippen molar-refractivity contribution in [3.63, 3.8) is 0 Å². The normalized spacial score (nSPS) is 16.0. The number of nitrogens with zero attached hydrogens (tertiary/aromatic N) is 6. The standard InChI is InChI=1S/C25H23F4N7O/c1-34-23(10-11-31-34)30-13-16-4-2-5-17(12-16)20-14-36(33-32-20)22-9-8-18-19(26)6-3-7-21(18)35(24(22)37)15-25(27,28)29/h2-7,10-12,14,22,30H,8-9,13,15H2,1H3. The number of rotatable bonds is 6. The first-order valence-electron chi connectivity index (χ1n) is 11.6. The van der Waals surface area contributed by atoms with Crippen LogP contribution in [0.5, 0.6) is 0 Å². The first-order chi connectivity index (χ1) is 17.7. The molecule has 0 saturated carbocycles. The van der Waals surface area contributed by atoms with Crippen molar-refractivity contribution in [2.24, 2.45) is 7.05 Å². The van der Waals surface area contributed by atoms with Gasteiger partial charge in [0.05, 0.1) is 18.1 Å². The molecule has 1 aliphatic rings. The Balaban J connectivity index is 1.40. The highest BCUT2D eigenvalue weighted by atomic mass is 19.4. The van der Waals surface area contributed by atoms with Crippen molar-refractivity contribution >= 4 is 17.4 Å². The van der Waals surface area contributed by atoms with Gasteiger partial charge in [0.15, 0.2) is 0 Å². The van der Waals surface area contributed by atoms with Gasteiger partial charge in [-0.3, -0.25) is 9.48 Å². The lowest BCUT2D eigenvalue weighted by Gasteiger charge is -2.26. The van der Waals surface area contributed by atoms with E-state index in [9.17, 15) is 22.4 Å². The number of alkyl halides is 3. The van der Waals surface area contributed by atoms with Gasteiger partial charge in [-0.25, -0.2) is 9.07 Å². The van der Waals surface area contributed by atoms with Crippen LogP contribution in [0.15, 0.2) is 60.9 Å². The number of hydrogen-bond donors (Lipinski definition) is 1. The molecule has 1 aliphatic heterocycles. The number of benzene rings is 2. The van der Waals surface area contributed by atoms with E-state index in [2.05, 4.69) is 20.7 Å². The van der Waals surface area contributed by atoms with Crippen molar-refractivity contribution in [2.45, 2.75) is 31.6 Å². The minimum Gasteiger partial charge on any atom is -0.366 e. The van der Waals surface area contributed by atoms with Crippen LogP contribution in [-0.4, -0.2) is 43.4 Å². The Hall–Kier alpha value is -4.22. The van der Waals surface area contributed by atoms with Crippen molar-refractivity contribution in [1.29, 1.82) is 0 Å². The average molecular weight is 513 g/mol. The second-order valence-electron chi connectivity index (χ2n) is 8.81. The molecule has 12 heteroatoms. The van der Waals surface area contributed by atoms with Crippen molar-refractivity contribution in [1.82, 2.24) is 24.8 Å². The molecule has 0 bridgehead atoms. The smallest absolute Gasteiger partial charge is 0.366 e. The predicted octanol–water partition coefficient (Wildman–Crippen LogP) is 4.51. The van der Waals surface area contributed by atoms with Crippen LogP contribution in [0.2, 0.25) is 0 Å². The summed E-state index contributed by atoms with van der Waals surface area (Å²) in [4.78, 5) is 13.9. The number of anilines is 2. The number of halogens is 4. The van der Waals surface area contributed by atoms with Crippen molar-refractivity contribution in [3.05, 3.63) is 77.9 Å². The number of hydrogen-bond acceptors (Lipinski definition) is 5. The molecule has 4 aromatic rings. The fourth-order valence-electron chi connectivity index (χ4n) is 4.48. The van der Waals surface area contributed by atoms with Crippen LogP contribution in [0.4, 0.5) is 29.1 Å². The number of amides is 1. The van der Waals surface area contributed by atoms with Gasteiger partial charge in [-0.15, -0.1) is 5.10 Å². The molecule has 1 atom stereocenters. The van der Waals surface area contributed by atoms with Gasteiger partial charge in [0.2, 0.25) is 0 Å². The van der Waals surface area contributed by atoms with Gasteiger partial charge in [-0.1, -0.05) is 29.5 Å². The molecular weight excluding hydrogens is 490 g/mol. The summed E-state index contributed by atoms with van der Waals surface area (Å²) in [6.45, 7) is -0.995. The number of carbonyl (C=O) groups excluding carboxylic acids is 1. The van der Waals surface area contributed by atoms with Crippen molar-refractivity contribution in [3.8, 4) is 11.3 Å². The van der Waals surface area contributed by atoms with E-state index in [1.165, 1.54) is 29.1 Å². The topological polar surface area (TPSA) is 80.9 Å². The molecule has 0 radical (unpaired) electrons. The molecule has 2 aromatic carbocycles. The van der Waals surface area contributed by atoms with Crippen LogP contribution >= 0.6 is 0 Å². The van der Waals surface area contributed by atoms with Crippen molar-refractivity contribution in [2.75, 3.05) is 16.8 Å². The summed E-state index contributed by atoms with van der Waals surface area (Å²) in [6.07, 6.45) is -1.27. The first-order valence-corrected chi connectivity index (χ1v) is 11.6. The van der Waals surface area contributed by atoms with Gasteiger partial charge >= 0.3 is 6.18 Å². The predicted molar refractivity (Wildman–Crippen MR) is 128 cm³/mol. The highest BCUT2D eigenvalue weighted by molar-refractivity contribution is 5.97. The van der Waals surface area contributed by atoms with E-state index in [0.29, 0.717) is 17.1 Å². The molecule has 1 amide bonds. The summed E-state index contributed by atoms with van der Waals surface area (Å²) in [5.41, 5.74) is 2.17. The van der Waals surface area contributed by atoms with Gasteiger partial charge in [-0.2, -0.15) is 18.3 Å². The summed E-state index contributed by atoms with van der Waals surface area (Å²) in [5, 5.41) is 15.6. The van der Waals surface area contributed by atoms with Crippen LogP contribution in [0.3, 0.4) is 0 Å². The molecule has 0 saturated heterocycles. The number of fused-ring (bicyclic) bond motifs is 1. The monoisotopic (exact) mass is 513 g/mol. The number of carbonyl (C=O) groups is 1. The molecule has 3 heterocycles. The van der Waals surface area contributed by atoms with E-state index in [4.69, 9.17) is 0 Å². The Kier molecular flexibility index (Phi) is 6.40. The molecule has 0 spiro atoms. The Morgan fingerprint density at radius 1 is 1.14 bits per heavy atom. The molecule has 192 valence electrons. The molecule has 0 aliphatic carbocycles. The summed E-state index contributed by atoms with van der Waals surface area (Å²) < 4.78 is 57.6. The minimum atomic E-state index is -4.66. The van der Waals surface area contributed by atoms with E-state index in [-0.39, 0.29) is 24.1 Å². The molecule has 1 N–H and O–H groups in total. The highest BCUT2D eigenvalue weighted by Gasteiger charge is 2.40. The van der Waals surface area contributed by atoms with E-state index < -0.39 is 30.5 Å². The zero-order valence-corrected chi connectivity index (χ0v) is 19.8. The van der Waals surface area contributed by atoms with Gasteiger partial charge in [0.25, 0.3) is 5.91 Å². The quantitative estimate of drug-likeness (QED) is 0.384. The van der Waals surface area contributed by atoms with E-state index >= 15 is 0 Å². The fraction of sp³-hybridized carbons (Fsp3) is 0.280. The average Bonchev–Trinajstić information content (AvgIpc) is 3.48. The van der Waals surface area contributed by atoms with E-state index in [1.807, 2.05) is 37.4 Å². The molecular formula is C25H23F4N7O. The molecule has 2 aromatic heterocycles. The Morgan fingerprint density at radius 3 is 2.70 bits per heavy atom. The Labute approximate surface area is 209 Å². The second kappa shape index (κ2) is 9.68. The lowest BCUT2D eigenvalue weighted by Crippen LogP contribution is -2.42. The molecule has 1 unspecified atom stereocenters. The van der Waals surface area contributed by atoms with E-state index in [0.717, 1.165) is 16.9 Å². The summed E-state index contributed by atoms with van der Waals surface area (Å²) >= 11 is 0. The van der Waals surface area contributed by atoms with E-state index in [1.54, 1.807) is 10.9 Å². The largest absolute Gasteiger partial charge is 0.406 e. The maximum Gasteiger partial charge on any atom is 0.406 e. The zero-order chi connectivity index (χ0) is 26.2. The Bertz CT molecular complexity index is 1430. The van der Waals surface area contributed by atoms with Gasteiger partial charge in [0.1, 0.15) is 29.9 Å². The highest BCUT2D eigenvalue weighted by Crippen LogP contribution is 2.35. The molecule has 0 fully saturated rings. The lowest BCUT2D eigenvalue weighted by molar-refractivity contribution is -0.134. The number of nitrogens with one attached hydrogen (secondary N) is 1. The third-order valence-electron chi connectivity index (χ3n) is 6.29. The number of aryl methyl sites for hydroxylation is 1. The van der Waals surface area contributed by atoms with Crippen LogP contribution in [-0.2, 0) is 24.8 Å². The minimum absolute atomic E-state index is 0.0706. The van der Waals surface area contributed by atoms with Gasteiger partial charge < -0.3 is 10.2 Å². The maximum absolute atomic E-state index is 14.5. The first kappa shape index (κ1) is 24.5. The molecule has 8 nitrogen and oxygen atoms in total. The second-order valence-corrected chi connectivity index (χ2v) is 8.81. The SMILES string of the molecule is Cn1nccc1NCc1cccc(-c2cn(C3CCc4c(F)cccc4N(CC(F)(F)F)C3=O)nn2)c1. The van der Waals surface area contributed by atoms with Crippen LogP contribution in [0.25, 0.3) is 11.3 Å². The van der Waals surface area contributed by atoms with Gasteiger partial charge in [0, 0.05) is 30.8 Å². The number of aromatic nitrogens is 5. The third kappa shape index (κ3) is 5.18. The molecule has 5 rings (SSSR count). The third-order valence-corrected chi connectivity index (χ3v) is 6.29. The summed E-state index contributed by atoms with van der Waals surface area (Å²) in [7, 11) is 1.83. The zero-order valence-electron chi connectivity index (χ0n) is 19.8. The van der Waals surface area contributed by atoms with Crippen LogP contribution in [0.1, 0.15) is 23.6 Å². The Morgan fingerprint density at radius 2 is 1.95 bits per heavy atom. The van der Waals surface area contributed by atoms with Crippen LogP contribution in [0, 0.1) is 5.82 Å². The summed E-state index contributed by atoms with van der Waals surface area (Å²) in [5.74, 6) is -0.606. The molecule has 37 heavy (non-hydrogen) atoms. The van der Waals surface area contributed by atoms with Crippen LogP contribution < -0.4 is 10.2 Å². The summed E-state index contributed by atoms with van der Waals surface area (Å²) in [6, 6.07) is 12.1. The lowest BCUT2D eigenvalue weighted by atomic mass is 10.1.